The summed E-state index contributed by atoms with van der Waals surface area (Å²) in [5.41, 5.74) is 0.256. The molecule has 1 heterocycles. The van der Waals surface area contributed by atoms with Crippen molar-refractivity contribution in [1.82, 2.24) is 5.32 Å². The van der Waals surface area contributed by atoms with Crippen molar-refractivity contribution in [2.45, 2.75) is 83.3 Å². The Labute approximate surface area is 113 Å². The van der Waals surface area contributed by atoms with Gasteiger partial charge in [0.25, 0.3) is 0 Å². The molecule has 2 fully saturated rings. The van der Waals surface area contributed by atoms with Gasteiger partial charge in [-0.2, -0.15) is 0 Å². The van der Waals surface area contributed by atoms with Crippen molar-refractivity contribution >= 4 is 0 Å². The summed E-state index contributed by atoms with van der Waals surface area (Å²) in [5.74, 6) is 0.839. The van der Waals surface area contributed by atoms with Gasteiger partial charge in [-0.25, -0.2) is 0 Å². The van der Waals surface area contributed by atoms with Crippen molar-refractivity contribution in [3.05, 3.63) is 0 Å². The maximum atomic E-state index is 6.14. The van der Waals surface area contributed by atoms with Crippen molar-refractivity contribution in [3.63, 3.8) is 0 Å². The summed E-state index contributed by atoms with van der Waals surface area (Å²) >= 11 is 0. The molecule has 1 unspecified atom stereocenters. The molecular weight excluding hydrogens is 222 g/mol. The van der Waals surface area contributed by atoms with Crippen molar-refractivity contribution in [1.29, 1.82) is 0 Å². The molecule has 18 heavy (non-hydrogen) atoms. The molecule has 1 atom stereocenters. The Morgan fingerprint density at radius 3 is 2.72 bits per heavy atom. The van der Waals surface area contributed by atoms with Gasteiger partial charge in [-0.1, -0.05) is 33.1 Å². The normalized spacial score (nSPS) is 27.8. The molecule has 0 aromatic carbocycles. The van der Waals surface area contributed by atoms with E-state index in [0.717, 1.165) is 12.5 Å². The summed E-state index contributed by atoms with van der Waals surface area (Å²) in [5, 5.41) is 3.77. The van der Waals surface area contributed by atoms with Crippen molar-refractivity contribution < 1.29 is 4.74 Å². The fourth-order valence-electron chi connectivity index (χ4n) is 3.56. The fourth-order valence-corrected chi connectivity index (χ4v) is 3.56. The second-order valence-electron chi connectivity index (χ2n) is 6.77. The molecule has 2 aliphatic rings. The molecule has 0 bridgehead atoms. The molecule has 1 spiro atoms. The van der Waals surface area contributed by atoms with E-state index in [1.807, 2.05) is 0 Å². The topological polar surface area (TPSA) is 21.3 Å². The predicted octanol–water partition coefficient (Wildman–Crippen LogP) is 3.89. The SMILES string of the molecule is CC(C)CCCNC1CCOC2(CCCCC2)C1. The van der Waals surface area contributed by atoms with Gasteiger partial charge in [0.05, 0.1) is 5.60 Å². The molecule has 1 saturated carbocycles. The Kier molecular flexibility index (Phi) is 5.50. The van der Waals surface area contributed by atoms with Gasteiger partial charge < -0.3 is 10.1 Å². The molecule has 1 aliphatic carbocycles. The second-order valence-corrected chi connectivity index (χ2v) is 6.77. The first-order valence-corrected chi connectivity index (χ1v) is 8.08. The van der Waals surface area contributed by atoms with Crippen LogP contribution in [0.15, 0.2) is 0 Å². The summed E-state index contributed by atoms with van der Waals surface area (Å²) in [6.07, 6.45) is 11.9. The summed E-state index contributed by atoms with van der Waals surface area (Å²) < 4.78 is 6.14. The van der Waals surface area contributed by atoms with Crippen LogP contribution < -0.4 is 5.32 Å². The Balaban J connectivity index is 1.69. The van der Waals surface area contributed by atoms with Gasteiger partial charge in [0.15, 0.2) is 0 Å². The zero-order valence-electron chi connectivity index (χ0n) is 12.3. The minimum Gasteiger partial charge on any atom is -0.375 e. The summed E-state index contributed by atoms with van der Waals surface area (Å²) in [4.78, 5) is 0. The van der Waals surface area contributed by atoms with Crippen LogP contribution >= 0.6 is 0 Å². The molecule has 0 aromatic heterocycles. The minimum absolute atomic E-state index is 0.256. The molecule has 0 aromatic rings. The summed E-state index contributed by atoms with van der Waals surface area (Å²) in [6, 6.07) is 0.712. The van der Waals surface area contributed by atoms with Gasteiger partial charge in [0, 0.05) is 12.6 Å². The molecule has 2 heteroatoms. The largest absolute Gasteiger partial charge is 0.375 e. The number of rotatable bonds is 5. The average Bonchev–Trinajstić information content (AvgIpc) is 2.36. The lowest BCUT2D eigenvalue weighted by molar-refractivity contribution is -0.109. The Morgan fingerprint density at radius 2 is 2.00 bits per heavy atom. The molecular formula is C16H31NO. The van der Waals surface area contributed by atoms with Crippen LogP contribution in [-0.4, -0.2) is 24.8 Å². The Morgan fingerprint density at radius 1 is 1.22 bits per heavy atom. The number of hydrogen-bond acceptors (Lipinski definition) is 2. The number of ether oxygens (including phenoxy) is 1. The van der Waals surface area contributed by atoms with Crippen LogP contribution in [0.2, 0.25) is 0 Å². The molecule has 0 radical (unpaired) electrons. The van der Waals surface area contributed by atoms with E-state index in [1.54, 1.807) is 0 Å². The number of nitrogens with one attached hydrogen (secondary N) is 1. The zero-order chi connectivity index (χ0) is 12.8. The first-order chi connectivity index (χ1) is 8.70. The van der Waals surface area contributed by atoms with Gasteiger partial charge in [0.1, 0.15) is 0 Å². The van der Waals surface area contributed by atoms with Crippen LogP contribution in [0.1, 0.15) is 71.6 Å². The fraction of sp³-hybridized carbons (Fsp3) is 1.00. The van der Waals surface area contributed by atoms with Gasteiger partial charge >= 0.3 is 0 Å². The molecule has 106 valence electrons. The smallest absolute Gasteiger partial charge is 0.0697 e. The molecule has 1 aliphatic heterocycles. The first kappa shape index (κ1) is 14.3. The van der Waals surface area contributed by atoms with E-state index >= 15 is 0 Å². The average molecular weight is 253 g/mol. The van der Waals surface area contributed by atoms with E-state index in [-0.39, 0.29) is 5.60 Å². The van der Waals surface area contributed by atoms with E-state index in [0.29, 0.717) is 6.04 Å². The Bertz CT molecular complexity index is 228. The highest BCUT2D eigenvalue weighted by Crippen LogP contribution is 2.38. The van der Waals surface area contributed by atoms with Gasteiger partial charge in [-0.3, -0.25) is 0 Å². The molecule has 2 rings (SSSR count). The predicted molar refractivity (Wildman–Crippen MR) is 76.9 cm³/mol. The van der Waals surface area contributed by atoms with Crippen molar-refractivity contribution in [2.24, 2.45) is 5.92 Å². The van der Waals surface area contributed by atoms with Crippen LogP contribution in [0.3, 0.4) is 0 Å². The third-order valence-electron chi connectivity index (χ3n) is 4.65. The maximum absolute atomic E-state index is 6.14. The maximum Gasteiger partial charge on any atom is 0.0697 e. The quantitative estimate of drug-likeness (QED) is 0.750. The lowest BCUT2D eigenvalue weighted by atomic mass is 9.78. The van der Waals surface area contributed by atoms with Gasteiger partial charge in [-0.05, 0) is 51.0 Å². The minimum atomic E-state index is 0.256. The highest BCUT2D eigenvalue weighted by Gasteiger charge is 2.38. The monoisotopic (exact) mass is 253 g/mol. The van der Waals surface area contributed by atoms with E-state index < -0.39 is 0 Å². The zero-order valence-corrected chi connectivity index (χ0v) is 12.3. The van der Waals surface area contributed by atoms with Gasteiger partial charge in [0.2, 0.25) is 0 Å². The molecule has 1 saturated heterocycles. The third-order valence-corrected chi connectivity index (χ3v) is 4.65. The molecule has 2 nitrogen and oxygen atoms in total. The first-order valence-electron chi connectivity index (χ1n) is 8.08. The van der Waals surface area contributed by atoms with Crippen LogP contribution in [-0.2, 0) is 4.74 Å². The Hall–Kier alpha value is -0.0800. The third kappa shape index (κ3) is 4.24. The van der Waals surface area contributed by atoms with E-state index in [1.165, 1.54) is 64.3 Å². The highest BCUT2D eigenvalue weighted by molar-refractivity contribution is 4.91. The second kappa shape index (κ2) is 6.91. The van der Waals surface area contributed by atoms with Gasteiger partial charge in [-0.15, -0.1) is 0 Å². The lowest BCUT2D eigenvalue weighted by Gasteiger charge is -2.43. The van der Waals surface area contributed by atoms with Crippen molar-refractivity contribution in [2.75, 3.05) is 13.2 Å². The molecule has 1 N–H and O–H groups in total. The summed E-state index contributed by atoms with van der Waals surface area (Å²) in [6.45, 7) is 6.79. The van der Waals surface area contributed by atoms with Crippen LogP contribution in [0.5, 0.6) is 0 Å². The number of hydrogen-bond donors (Lipinski definition) is 1. The van der Waals surface area contributed by atoms with Crippen LogP contribution in [0.4, 0.5) is 0 Å². The van der Waals surface area contributed by atoms with E-state index in [4.69, 9.17) is 4.74 Å². The standard InChI is InChI=1S/C16H31NO/c1-14(2)7-6-11-17-15-8-12-18-16(13-15)9-4-3-5-10-16/h14-15,17H,3-13H2,1-2H3. The van der Waals surface area contributed by atoms with Crippen LogP contribution in [0.25, 0.3) is 0 Å². The lowest BCUT2D eigenvalue weighted by Crippen LogP contribution is -2.48. The molecule has 0 amide bonds. The van der Waals surface area contributed by atoms with E-state index in [2.05, 4.69) is 19.2 Å². The summed E-state index contributed by atoms with van der Waals surface area (Å²) in [7, 11) is 0. The van der Waals surface area contributed by atoms with Crippen LogP contribution in [0, 0.1) is 5.92 Å². The van der Waals surface area contributed by atoms with Crippen molar-refractivity contribution in [3.8, 4) is 0 Å². The van der Waals surface area contributed by atoms with E-state index in [9.17, 15) is 0 Å². The highest BCUT2D eigenvalue weighted by atomic mass is 16.5.